The van der Waals surface area contributed by atoms with Crippen LogP contribution >= 0.6 is 15.9 Å². The zero-order valence-corrected chi connectivity index (χ0v) is 12.9. The van der Waals surface area contributed by atoms with Crippen molar-refractivity contribution in [2.75, 3.05) is 32.1 Å². The Morgan fingerprint density at radius 3 is 2.44 bits per heavy atom. The van der Waals surface area contributed by atoms with E-state index in [2.05, 4.69) is 41.6 Å². The van der Waals surface area contributed by atoms with Gasteiger partial charge < -0.3 is 4.74 Å². The summed E-state index contributed by atoms with van der Waals surface area (Å²) in [5.41, 5.74) is 0. The first-order chi connectivity index (χ1) is 7.69. The van der Waals surface area contributed by atoms with Crippen LogP contribution in [0.2, 0.25) is 0 Å². The predicted molar refractivity (Wildman–Crippen MR) is 75.4 cm³/mol. The molecule has 0 aromatic heterocycles. The molecule has 0 bridgehead atoms. The Kier molecular flexibility index (Phi) is 10.8. The Hall–Kier alpha value is 0.400. The van der Waals surface area contributed by atoms with Crippen LogP contribution in [0.1, 0.15) is 40.0 Å². The first-order valence-corrected chi connectivity index (χ1v) is 7.60. The van der Waals surface area contributed by atoms with Gasteiger partial charge in [0.15, 0.2) is 0 Å². The molecule has 0 saturated carbocycles. The quantitative estimate of drug-likeness (QED) is 0.571. The van der Waals surface area contributed by atoms with Gasteiger partial charge >= 0.3 is 0 Å². The van der Waals surface area contributed by atoms with Crippen LogP contribution < -0.4 is 0 Å². The van der Waals surface area contributed by atoms with E-state index in [9.17, 15) is 0 Å². The third-order valence-corrected chi connectivity index (χ3v) is 4.12. The van der Waals surface area contributed by atoms with E-state index in [1.54, 1.807) is 7.11 Å². The summed E-state index contributed by atoms with van der Waals surface area (Å²) in [6.45, 7) is 9.92. The Labute approximate surface area is 110 Å². The highest BCUT2D eigenvalue weighted by molar-refractivity contribution is 9.09. The number of alkyl halides is 1. The molecule has 0 aromatic rings. The minimum Gasteiger partial charge on any atom is -0.383 e. The molecule has 0 aliphatic rings. The van der Waals surface area contributed by atoms with Crippen molar-refractivity contribution in [3.8, 4) is 0 Å². The van der Waals surface area contributed by atoms with Gasteiger partial charge in [0, 0.05) is 31.6 Å². The summed E-state index contributed by atoms with van der Waals surface area (Å²) in [6.07, 6.45) is 3.80. The maximum atomic E-state index is 5.19. The molecule has 0 saturated heterocycles. The molecule has 0 rings (SSSR count). The second-order valence-electron chi connectivity index (χ2n) is 4.55. The number of hydrogen-bond donors (Lipinski definition) is 0. The summed E-state index contributed by atoms with van der Waals surface area (Å²) in [4.78, 5) is 2.56. The Morgan fingerprint density at radius 2 is 2.00 bits per heavy atom. The van der Waals surface area contributed by atoms with Crippen LogP contribution in [0.4, 0.5) is 0 Å². The first kappa shape index (κ1) is 16.4. The molecule has 98 valence electrons. The summed E-state index contributed by atoms with van der Waals surface area (Å²) in [5.74, 6) is 0.774. The topological polar surface area (TPSA) is 12.5 Å². The minimum absolute atomic E-state index is 0.661. The van der Waals surface area contributed by atoms with Crippen molar-refractivity contribution in [1.29, 1.82) is 0 Å². The molecule has 2 nitrogen and oxygen atoms in total. The van der Waals surface area contributed by atoms with E-state index in [-0.39, 0.29) is 0 Å². The predicted octanol–water partition coefficient (Wildman–Crippen LogP) is 3.54. The van der Waals surface area contributed by atoms with Gasteiger partial charge in [-0.25, -0.2) is 0 Å². The van der Waals surface area contributed by atoms with E-state index in [0.29, 0.717) is 6.04 Å². The van der Waals surface area contributed by atoms with E-state index < -0.39 is 0 Å². The average Bonchev–Trinajstić information content (AvgIpc) is 2.32. The molecule has 0 aromatic carbocycles. The lowest BCUT2D eigenvalue weighted by Crippen LogP contribution is -2.39. The highest BCUT2D eigenvalue weighted by Gasteiger charge is 2.16. The van der Waals surface area contributed by atoms with Gasteiger partial charge in [0.1, 0.15) is 0 Å². The van der Waals surface area contributed by atoms with Crippen LogP contribution in [0, 0.1) is 5.92 Å². The van der Waals surface area contributed by atoms with Crippen molar-refractivity contribution < 1.29 is 4.74 Å². The molecule has 0 spiro atoms. The molecule has 16 heavy (non-hydrogen) atoms. The fourth-order valence-electron chi connectivity index (χ4n) is 1.92. The standard InChI is InChI=1S/C13H28BrNO/c1-5-7-13(10-14)11-15(8-9-16-4)12(3)6-2/h12-13H,5-11H2,1-4H3. The van der Waals surface area contributed by atoms with E-state index in [1.165, 1.54) is 25.8 Å². The molecule has 3 heteroatoms. The number of rotatable bonds is 10. The van der Waals surface area contributed by atoms with Gasteiger partial charge in [0.25, 0.3) is 0 Å². The molecular formula is C13H28BrNO. The van der Waals surface area contributed by atoms with E-state index in [0.717, 1.165) is 24.4 Å². The molecule has 0 aliphatic carbocycles. The van der Waals surface area contributed by atoms with Crippen molar-refractivity contribution in [3.63, 3.8) is 0 Å². The third kappa shape index (κ3) is 6.87. The molecule has 0 N–H and O–H groups in total. The molecule has 2 atom stereocenters. The SMILES string of the molecule is CCCC(CBr)CN(CCOC)C(C)CC. The van der Waals surface area contributed by atoms with Crippen LogP contribution in [0.3, 0.4) is 0 Å². The fourth-order valence-corrected chi connectivity index (χ4v) is 2.44. The summed E-state index contributed by atoms with van der Waals surface area (Å²) >= 11 is 3.63. The van der Waals surface area contributed by atoms with E-state index >= 15 is 0 Å². The number of halogens is 1. The van der Waals surface area contributed by atoms with Crippen LogP contribution in [0.5, 0.6) is 0 Å². The highest BCUT2D eigenvalue weighted by Crippen LogP contribution is 2.14. The van der Waals surface area contributed by atoms with Gasteiger partial charge in [-0.05, 0) is 25.7 Å². The molecule has 0 aliphatic heterocycles. The zero-order valence-electron chi connectivity index (χ0n) is 11.3. The van der Waals surface area contributed by atoms with E-state index in [4.69, 9.17) is 4.74 Å². The van der Waals surface area contributed by atoms with Gasteiger partial charge in [-0.1, -0.05) is 36.2 Å². The molecule has 0 amide bonds. The van der Waals surface area contributed by atoms with Crippen molar-refractivity contribution >= 4 is 15.9 Å². The zero-order chi connectivity index (χ0) is 12.4. The van der Waals surface area contributed by atoms with Gasteiger partial charge in [-0.3, -0.25) is 4.90 Å². The summed E-state index contributed by atoms with van der Waals surface area (Å²) in [6, 6.07) is 0.661. The minimum atomic E-state index is 0.661. The summed E-state index contributed by atoms with van der Waals surface area (Å²) < 4.78 is 5.19. The van der Waals surface area contributed by atoms with Crippen molar-refractivity contribution in [2.24, 2.45) is 5.92 Å². The Bertz CT molecular complexity index is 155. The average molecular weight is 294 g/mol. The second kappa shape index (κ2) is 10.5. The Balaban J connectivity index is 4.15. The smallest absolute Gasteiger partial charge is 0.0589 e. The maximum Gasteiger partial charge on any atom is 0.0589 e. The van der Waals surface area contributed by atoms with Crippen LogP contribution in [0.15, 0.2) is 0 Å². The largest absolute Gasteiger partial charge is 0.383 e. The fraction of sp³-hybridized carbons (Fsp3) is 1.00. The number of hydrogen-bond acceptors (Lipinski definition) is 2. The highest BCUT2D eigenvalue weighted by atomic mass is 79.9. The van der Waals surface area contributed by atoms with Gasteiger partial charge in [-0.2, -0.15) is 0 Å². The monoisotopic (exact) mass is 293 g/mol. The number of ether oxygens (including phenoxy) is 1. The normalized spacial score (nSPS) is 15.4. The summed E-state index contributed by atoms with van der Waals surface area (Å²) in [7, 11) is 1.78. The van der Waals surface area contributed by atoms with Crippen molar-refractivity contribution in [2.45, 2.75) is 46.1 Å². The van der Waals surface area contributed by atoms with Crippen molar-refractivity contribution in [3.05, 3.63) is 0 Å². The number of methoxy groups -OCH3 is 1. The van der Waals surface area contributed by atoms with Crippen LogP contribution in [-0.2, 0) is 4.74 Å². The molecular weight excluding hydrogens is 266 g/mol. The molecule has 0 fully saturated rings. The summed E-state index contributed by atoms with van der Waals surface area (Å²) in [5, 5.41) is 1.11. The van der Waals surface area contributed by atoms with Crippen molar-refractivity contribution in [1.82, 2.24) is 4.90 Å². The lowest BCUT2D eigenvalue weighted by molar-refractivity contribution is 0.111. The Morgan fingerprint density at radius 1 is 1.31 bits per heavy atom. The van der Waals surface area contributed by atoms with Crippen LogP contribution in [-0.4, -0.2) is 43.1 Å². The molecule has 0 heterocycles. The second-order valence-corrected chi connectivity index (χ2v) is 5.20. The maximum absolute atomic E-state index is 5.19. The number of nitrogens with zero attached hydrogens (tertiary/aromatic N) is 1. The van der Waals surface area contributed by atoms with E-state index in [1.807, 2.05) is 0 Å². The third-order valence-electron chi connectivity index (χ3n) is 3.20. The lowest BCUT2D eigenvalue weighted by atomic mass is 10.0. The van der Waals surface area contributed by atoms with Gasteiger partial charge in [0.05, 0.1) is 6.61 Å². The van der Waals surface area contributed by atoms with Gasteiger partial charge in [-0.15, -0.1) is 0 Å². The first-order valence-electron chi connectivity index (χ1n) is 6.48. The molecule has 2 unspecified atom stereocenters. The van der Waals surface area contributed by atoms with Gasteiger partial charge in [0.2, 0.25) is 0 Å². The lowest BCUT2D eigenvalue weighted by Gasteiger charge is -2.31. The molecule has 0 radical (unpaired) electrons. The van der Waals surface area contributed by atoms with Crippen LogP contribution in [0.25, 0.3) is 0 Å².